The fourth-order valence-corrected chi connectivity index (χ4v) is 4.09. The third kappa shape index (κ3) is 2.93. The van der Waals surface area contributed by atoms with Gasteiger partial charge in [-0.1, -0.05) is 0 Å². The second-order valence-electron chi connectivity index (χ2n) is 5.78. The first-order valence-electron chi connectivity index (χ1n) is 7.91. The molecule has 1 saturated heterocycles. The predicted molar refractivity (Wildman–Crippen MR) is 90.7 cm³/mol. The van der Waals surface area contributed by atoms with Gasteiger partial charge in [0.2, 0.25) is 0 Å². The van der Waals surface area contributed by atoms with Crippen LogP contribution in [0.15, 0.2) is 6.33 Å². The summed E-state index contributed by atoms with van der Waals surface area (Å²) < 4.78 is 5.10. The Bertz CT molecular complexity index is 789. The number of carbonyl (C=O) groups excluding carboxylic acids is 1. The van der Waals surface area contributed by atoms with Crippen LogP contribution in [0.1, 0.15) is 35.0 Å². The van der Waals surface area contributed by atoms with Gasteiger partial charge < -0.3 is 14.7 Å². The molecule has 0 radical (unpaired) electrons. The summed E-state index contributed by atoms with van der Waals surface area (Å²) in [6.07, 6.45) is 2.94. The molecule has 0 saturated carbocycles. The number of carbonyl (C=O) groups is 2. The third-order valence-electron chi connectivity index (χ3n) is 4.24. The minimum Gasteiger partial charge on any atom is -0.481 e. The van der Waals surface area contributed by atoms with Crippen LogP contribution in [0.3, 0.4) is 0 Å². The number of nitrogens with zero attached hydrogens (tertiary/aromatic N) is 3. The fourth-order valence-electron chi connectivity index (χ4n) is 3.06. The molecule has 2 aromatic rings. The molecule has 3 heterocycles. The van der Waals surface area contributed by atoms with Gasteiger partial charge in [0.15, 0.2) is 0 Å². The average molecular weight is 349 g/mol. The van der Waals surface area contributed by atoms with Gasteiger partial charge in [-0.15, -0.1) is 11.3 Å². The first-order valence-corrected chi connectivity index (χ1v) is 8.73. The quantitative estimate of drug-likeness (QED) is 0.848. The monoisotopic (exact) mass is 349 g/mol. The Morgan fingerprint density at radius 3 is 2.96 bits per heavy atom. The number of esters is 1. The van der Waals surface area contributed by atoms with E-state index in [4.69, 9.17) is 4.74 Å². The number of aliphatic carboxylic acids is 1. The minimum atomic E-state index is -0.778. The molecule has 1 N–H and O–H groups in total. The molecule has 0 bridgehead atoms. The van der Waals surface area contributed by atoms with Crippen LogP contribution >= 0.6 is 11.3 Å². The van der Waals surface area contributed by atoms with Gasteiger partial charge in [-0.25, -0.2) is 14.8 Å². The summed E-state index contributed by atoms with van der Waals surface area (Å²) in [5.41, 5.74) is 0.793. The Morgan fingerprint density at radius 1 is 1.46 bits per heavy atom. The molecule has 24 heavy (non-hydrogen) atoms. The number of carboxylic acid groups (broad SMARTS) is 1. The molecule has 7 nitrogen and oxygen atoms in total. The molecule has 8 heteroatoms. The lowest BCUT2D eigenvalue weighted by Gasteiger charge is -2.32. The Hall–Kier alpha value is -2.22. The molecule has 1 aliphatic rings. The number of anilines is 1. The SMILES string of the molecule is CCOC(=O)c1sc2ncnc(N3CCCC(C(=O)O)C3)c2c1C. The van der Waals surface area contributed by atoms with E-state index in [1.54, 1.807) is 6.92 Å². The van der Waals surface area contributed by atoms with Crippen molar-refractivity contribution in [3.63, 3.8) is 0 Å². The number of ether oxygens (including phenoxy) is 1. The lowest BCUT2D eigenvalue weighted by atomic mass is 9.98. The zero-order chi connectivity index (χ0) is 17.3. The zero-order valence-corrected chi connectivity index (χ0v) is 14.4. The van der Waals surface area contributed by atoms with Crippen LogP contribution < -0.4 is 4.90 Å². The highest BCUT2D eigenvalue weighted by atomic mass is 32.1. The van der Waals surface area contributed by atoms with Crippen molar-refractivity contribution in [3.05, 3.63) is 16.8 Å². The molecule has 0 amide bonds. The summed E-state index contributed by atoms with van der Waals surface area (Å²) in [5.74, 6) is -0.826. The lowest BCUT2D eigenvalue weighted by Crippen LogP contribution is -2.39. The normalized spacial score (nSPS) is 17.9. The van der Waals surface area contributed by atoms with E-state index in [0.717, 1.165) is 28.7 Å². The van der Waals surface area contributed by atoms with Crippen LogP contribution in [0, 0.1) is 12.8 Å². The number of hydrogen-bond donors (Lipinski definition) is 1. The summed E-state index contributed by atoms with van der Waals surface area (Å²) >= 11 is 1.29. The van der Waals surface area contributed by atoms with E-state index in [-0.39, 0.29) is 5.97 Å². The van der Waals surface area contributed by atoms with Gasteiger partial charge in [-0.05, 0) is 32.3 Å². The van der Waals surface area contributed by atoms with Crippen molar-refractivity contribution in [2.24, 2.45) is 5.92 Å². The molecule has 0 aliphatic carbocycles. The van der Waals surface area contributed by atoms with Gasteiger partial charge in [0.25, 0.3) is 0 Å². The number of piperidine rings is 1. The minimum absolute atomic E-state index is 0.317. The van der Waals surface area contributed by atoms with Crippen molar-refractivity contribution in [1.29, 1.82) is 0 Å². The molecular weight excluding hydrogens is 330 g/mol. The molecule has 1 aliphatic heterocycles. The fraction of sp³-hybridized carbons (Fsp3) is 0.500. The Kier molecular flexibility index (Phi) is 4.66. The van der Waals surface area contributed by atoms with Gasteiger partial charge in [-0.3, -0.25) is 4.79 Å². The van der Waals surface area contributed by atoms with E-state index in [1.807, 2.05) is 11.8 Å². The number of hydrogen-bond acceptors (Lipinski definition) is 7. The van der Waals surface area contributed by atoms with Crippen molar-refractivity contribution in [3.8, 4) is 0 Å². The van der Waals surface area contributed by atoms with E-state index < -0.39 is 11.9 Å². The lowest BCUT2D eigenvalue weighted by molar-refractivity contribution is -0.141. The zero-order valence-electron chi connectivity index (χ0n) is 13.6. The Morgan fingerprint density at radius 2 is 2.25 bits per heavy atom. The van der Waals surface area contributed by atoms with Crippen LogP contribution in [0.5, 0.6) is 0 Å². The van der Waals surface area contributed by atoms with Crippen molar-refractivity contribution in [2.75, 3.05) is 24.6 Å². The molecule has 3 rings (SSSR count). The number of aryl methyl sites for hydroxylation is 1. The Balaban J connectivity index is 2.02. The highest BCUT2D eigenvalue weighted by Gasteiger charge is 2.29. The van der Waals surface area contributed by atoms with Crippen LogP contribution in [-0.2, 0) is 9.53 Å². The Labute approximate surface area is 143 Å². The first kappa shape index (κ1) is 16.6. The number of aromatic nitrogens is 2. The maximum absolute atomic E-state index is 12.1. The van der Waals surface area contributed by atoms with Gasteiger partial charge in [0, 0.05) is 13.1 Å². The number of rotatable bonds is 4. The smallest absolute Gasteiger partial charge is 0.348 e. The molecule has 128 valence electrons. The molecule has 0 spiro atoms. The second-order valence-corrected chi connectivity index (χ2v) is 6.78. The van der Waals surface area contributed by atoms with E-state index in [2.05, 4.69) is 9.97 Å². The molecule has 1 atom stereocenters. The number of fused-ring (bicyclic) bond motifs is 1. The first-order chi connectivity index (χ1) is 11.5. The van der Waals surface area contributed by atoms with Gasteiger partial charge in [0.05, 0.1) is 17.9 Å². The summed E-state index contributed by atoms with van der Waals surface area (Å²) in [4.78, 5) is 35.3. The van der Waals surface area contributed by atoms with E-state index in [9.17, 15) is 14.7 Å². The third-order valence-corrected chi connectivity index (χ3v) is 5.42. The number of carboxylic acids is 1. The van der Waals surface area contributed by atoms with E-state index in [1.165, 1.54) is 17.7 Å². The van der Waals surface area contributed by atoms with Crippen LogP contribution in [0.4, 0.5) is 5.82 Å². The van der Waals surface area contributed by atoms with Gasteiger partial charge >= 0.3 is 11.9 Å². The summed E-state index contributed by atoms with van der Waals surface area (Å²) in [7, 11) is 0. The van der Waals surface area contributed by atoms with Gasteiger partial charge in [0.1, 0.15) is 21.9 Å². The standard InChI is InChI=1S/C16H19N3O4S/c1-3-23-16(22)12-9(2)11-13(17-8-18-14(11)24-12)19-6-4-5-10(7-19)15(20)21/h8,10H,3-7H2,1-2H3,(H,20,21). The predicted octanol–water partition coefficient (Wildman–Crippen LogP) is 2.48. The van der Waals surface area contributed by atoms with E-state index in [0.29, 0.717) is 30.3 Å². The summed E-state index contributed by atoms with van der Waals surface area (Å²) in [6.45, 7) is 5.12. The largest absolute Gasteiger partial charge is 0.481 e. The molecular formula is C16H19N3O4S. The number of thiophene rings is 1. The summed E-state index contributed by atoms with van der Waals surface area (Å²) in [6, 6.07) is 0. The van der Waals surface area contributed by atoms with Crippen molar-refractivity contribution in [2.45, 2.75) is 26.7 Å². The highest BCUT2D eigenvalue weighted by molar-refractivity contribution is 7.20. The van der Waals surface area contributed by atoms with Gasteiger partial charge in [-0.2, -0.15) is 0 Å². The van der Waals surface area contributed by atoms with Crippen molar-refractivity contribution in [1.82, 2.24) is 9.97 Å². The van der Waals surface area contributed by atoms with E-state index >= 15 is 0 Å². The average Bonchev–Trinajstić information content (AvgIpc) is 2.92. The maximum Gasteiger partial charge on any atom is 0.348 e. The van der Waals surface area contributed by atoms with Crippen LogP contribution in [-0.4, -0.2) is 46.7 Å². The topological polar surface area (TPSA) is 92.6 Å². The molecule has 1 unspecified atom stereocenters. The van der Waals surface area contributed by atoms with Crippen molar-refractivity contribution >= 4 is 39.3 Å². The summed E-state index contributed by atoms with van der Waals surface area (Å²) in [5, 5.41) is 10.1. The van der Waals surface area contributed by atoms with Crippen LogP contribution in [0.25, 0.3) is 10.2 Å². The van der Waals surface area contributed by atoms with Crippen LogP contribution in [0.2, 0.25) is 0 Å². The molecule has 1 fully saturated rings. The molecule has 0 aromatic carbocycles. The molecule has 2 aromatic heterocycles. The highest BCUT2D eigenvalue weighted by Crippen LogP contribution is 2.36. The maximum atomic E-state index is 12.1. The second kappa shape index (κ2) is 6.72. The van der Waals surface area contributed by atoms with Crippen molar-refractivity contribution < 1.29 is 19.4 Å².